The lowest BCUT2D eigenvalue weighted by atomic mass is 9.96. The van der Waals surface area contributed by atoms with Crippen LogP contribution in [0.1, 0.15) is 33.1 Å². The lowest BCUT2D eigenvalue weighted by Gasteiger charge is -2.33. The number of piperidine rings is 1. The number of aliphatic hydroxyl groups excluding tert-OH is 1. The van der Waals surface area contributed by atoms with E-state index in [2.05, 4.69) is 13.8 Å². The fourth-order valence-electron chi connectivity index (χ4n) is 2.99. The molecule has 19 heavy (non-hydrogen) atoms. The lowest BCUT2D eigenvalue weighted by molar-refractivity contribution is 0.166. The Bertz CT molecular complexity index is 389. The van der Waals surface area contributed by atoms with Crippen molar-refractivity contribution >= 4 is 10.2 Å². The Morgan fingerprint density at radius 3 is 2.16 bits per heavy atom. The van der Waals surface area contributed by atoms with Crippen LogP contribution in [0.3, 0.4) is 0 Å². The Kier molecular flexibility index (Phi) is 4.87. The van der Waals surface area contributed by atoms with E-state index in [1.54, 1.807) is 8.61 Å². The molecule has 6 heteroatoms. The van der Waals surface area contributed by atoms with Crippen molar-refractivity contribution in [3.05, 3.63) is 0 Å². The first-order chi connectivity index (χ1) is 8.95. The Labute approximate surface area is 116 Å². The van der Waals surface area contributed by atoms with Gasteiger partial charge in [-0.05, 0) is 37.0 Å². The highest BCUT2D eigenvalue weighted by molar-refractivity contribution is 7.86. The summed E-state index contributed by atoms with van der Waals surface area (Å²) in [7, 11) is -3.27. The molecule has 0 radical (unpaired) electrons. The highest BCUT2D eigenvalue weighted by Gasteiger charge is 2.37. The fraction of sp³-hybridized carbons (Fsp3) is 1.00. The molecule has 0 aromatic carbocycles. The molecule has 0 saturated carbocycles. The van der Waals surface area contributed by atoms with Gasteiger partial charge in [-0.1, -0.05) is 13.8 Å². The normalized spacial score (nSPS) is 28.3. The van der Waals surface area contributed by atoms with Gasteiger partial charge in [-0.3, -0.25) is 0 Å². The summed E-state index contributed by atoms with van der Waals surface area (Å²) in [5, 5.41) is 9.11. The first kappa shape index (κ1) is 15.2. The van der Waals surface area contributed by atoms with Crippen LogP contribution < -0.4 is 0 Å². The predicted octanol–water partition coefficient (Wildman–Crippen LogP) is 0.913. The molecule has 0 bridgehead atoms. The molecule has 0 amide bonds. The maximum absolute atomic E-state index is 12.5. The number of hydrogen-bond donors (Lipinski definition) is 1. The molecule has 2 saturated heterocycles. The van der Waals surface area contributed by atoms with Gasteiger partial charge in [0.25, 0.3) is 10.2 Å². The fourth-order valence-corrected chi connectivity index (χ4v) is 4.71. The van der Waals surface area contributed by atoms with Crippen molar-refractivity contribution in [3.63, 3.8) is 0 Å². The summed E-state index contributed by atoms with van der Waals surface area (Å²) in [5.41, 5.74) is 0. The Morgan fingerprint density at radius 2 is 1.68 bits per heavy atom. The van der Waals surface area contributed by atoms with Crippen molar-refractivity contribution in [3.8, 4) is 0 Å². The summed E-state index contributed by atoms with van der Waals surface area (Å²) in [6.07, 6.45) is 2.53. The summed E-state index contributed by atoms with van der Waals surface area (Å²) < 4.78 is 28.3. The molecular formula is C13H26N2O3S. The van der Waals surface area contributed by atoms with Crippen LogP contribution in [0.2, 0.25) is 0 Å². The zero-order valence-electron chi connectivity index (χ0n) is 12.0. The van der Waals surface area contributed by atoms with Crippen LogP contribution in [0.5, 0.6) is 0 Å². The van der Waals surface area contributed by atoms with Crippen molar-refractivity contribution < 1.29 is 13.5 Å². The minimum Gasteiger partial charge on any atom is -0.396 e. The first-order valence-corrected chi connectivity index (χ1v) is 8.71. The maximum Gasteiger partial charge on any atom is 0.281 e. The van der Waals surface area contributed by atoms with Gasteiger partial charge in [0.05, 0.1) is 0 Å². The molecule has 2 aliphatic heterocycles. The smallest absolute Gasteiger partial charge is 0.281 e. The summed E-state index contributed by atoms with van der Waals surface area (Å²) in [4.78, 5) is 0. The van der Waals surface area contributed by atoms with Gasteiger partial charge in [-0.2, -0.15) is 17.0 Å². The van der Waals surface area contributed by atoms with E-state index in [1.165, 1.54) is 0 Å². The van der Waals surface area contributed by atoms with Gasteiger partial charge in [-0.15, -0.1) is 0 Å². The minimum absolute atomic E-state index is 0.174. The molecule has 0 aliphatic carbocycles. The van der Waals surface area contributed by atoms with Crippen LogP contribution in [0.15, 0.2) is 0 Å². The standard InChI is InChI=1S/C13H26N2O3S/c1-11(2)13-5-8-15(9-13)19(17,18)14-6-3-12(10-16)4-7-14/h11-13,16H,3-10H2,1-2H3. The van der Waals surface area contributed by atoms with E-state index in [0.717, 1.165) is 19.3 Å². The number of hydrogen-bond acceptors (Lipinski definition) is 3. The topological polar surface area (TPSA) is 60.9 Å². The average Bonchev–Trinajstić information content (AvgIpc) is 2.89. The molecule has 0 spiro atoms. The van der Waals surface area contributed by atoms with Crippen molar-refractivity contribution in [2.24, 2.45) is 17.8 Å². The first-order valence-electron chi connectivity index (χ1n) is 7.31. The van der Waals surface area contributed by atoms with E-state index < -0.39 is 10.2 Å². The van der Waals surface area contributed by atoms with Crippen molar-refractivity contribution in [1.82, 2.24) is 8.61 Å². The third kappa shape index (κ3) is 3.29. The molecule has 1 atom stereocenters. The Balaban J connectivity index is 1.96. The molecule has 0 aromatic rings. The van der Waals surface area contributed by atoms with Crippen molar-refractivity contribution in [1.29, 1.82) is 0 Å². The van der Waals surface area contributed by atoms with Crippen LogP contribution in [-0.4, -0.2) is 54.9 Å². The third-order valence-corrected chi connectivity index (χ3v) is 6.62. The van der Waals surface area contributed by atoms with Gasteiger partial charge in [0.15, 0.2) is 0 Å². The molecule has 2 heterocycles. The van der Waals surface area contributed by atoms with E-state index in [-0.39, 0.29) is 12.5 Å². The second-order valence-corrected chi connectivity index (χ2v) is 8.11. The number of aliphatic hydroxyl groups is 1. The average molecular weight is 290 g/mol. The molecule has 2 fully saturated rings. The molecular weight excluding hydrogens is 264 g/mol. The maximum atomic E-state index is 12.5. The van der Waals surface area contributed by atoms with Crippen molar-refractivity contribution in [2.75, 3.05) is 32.8 Å². The van der Waals surface area contributed by atoms with E-state index in [9.17, 15) is 8.42 Å². The highest BCUT2D eigenvalue weighted by atomic mass is 32.2. The summed E-state index contributed by atoms with van der Waals surface area (Å²) in [6, 6.07) is 0. The van der Waals surface area contributed by atoms with Gasteiger partial charge in [-0.25, -0.2) is 0 Å². The van der Waals surface area contributed by atoms with Gasteiger partial charge in [0, 0.05) is 32.8 Å². The molecule has 2 aliphatic rings. The van der Waals surface area contributed by atoms with Crippen LogP contribution in [0.25, 0.3) is 0 Å². The van der Waals surface area contributed by atoms with Gasteiger partial charge >= 0.3 is 0 Å². The SMILES string of the molecule is CC(C)C1CCN(S(=O)(=O)N2CCC(CO)CC2)C1. The summed E-state index contributed by atoms with van der Waals surface area (Å²) in [5.74, 6) is 1.30. The zero-order chi connectivity index (χ0) is 14.0. The zero-order valence-corrected chi connectivity index (χ0v) is 12.8. The monoisotopic (exact) mass is 290 g/mol. The number of rotatable bonds is 4. The molecule has 0 aromatic heterocycles. The Hall–Kier alpha value is -0.170. The summed E-state index contributed by atoms with van der Waals surface area (Å²) in [6.45, 7) is 6.92. The lowest BCUT2D eigenvalue weighted by Crippen LogP contribution is -2.46. The highest BCUT2D eigenvalue weighted by Crippen LogP contribution is 2.28. The molecule has 2 rings (SSSR count). The third-order valence-electron chi connectivity index (χ3n) is 4.61. The van der Waals surface area contributed by atoms with Crippen molar-refractivity contribution in [2.45, 2.75) is 33.1 Å². The van der Waals surface area contributed by atoms with Crippen LogP contribution in [-0.2, 0) is 10.2 Å². The minimum atomic E-state index is -3.27. The molecule has 1 unspecified atom stereocenters. The molecule has 1 N–H and O–H groups in total. The van der Waals surface area contributed by atoms with E-state index in [0.29, 0.717) is 38.0 Å². The van der Waals surface area contributed by atoms with Crippen LogP contribution >= 0.6 is 0 Å². The van der Waals surface area contributed by atoms with Gasteiger partial charge in [0.2, 0.25) is 0 Å². The van der Waals surface area contributed by atoms with E-state index >= 15 is 0 Å². The number of nitrogens with zero attached hydrogens (tertiary/aromatic N) is 2. The second kappa shape index (κ2) is 6.08. The quantitative estimate of drug-likeness (QED) is 0.837. The van der Waals surface area contributed by atoms with Crippen LogP contribution in [0.4, 0.5) is 0 Å². The predicted molar refractivity (Wildman–Crippen MR) is 74.8 cm³/mol. The molecule has 5 nitrogen and oxygen atoms in total. The van der Waals surface area contributed by atoms with Crippen LogP contribution in [0, 0.1) is 17.8 Å². The Morgan fingerprint density at radius 1 is 1.11 bits per heavy atom. The van der Waals surface area contributed by atoms with E-state index in [1.807, 2.05) is 0 Å². The van der Waals surface area contributed by atoms with Gasteiger partial charge < -0.3 is 5.11 Å². The largest absolute Gasteiger partial charge is 0.396 e. The molecule has 112 valence electrons. The van der Waals surface area contributed by atoms with E-state index in [4.69, 9.17) is 5.11 Å². The second-order valence-electron chi connectivity index (χ2n) is 6.18. The summed E-state index contributed by atoms with van der Waals surface area (Å²) >= 11 is 0. The van der Waals surface area contributed by atoms with Gasteiger partial charge in [0.1, 0.15) is 0 Å².